The zero-order chi connectivity index (χ0) is 15.0. The van der Waals surface area contributed by atoms with E-state index < -0.39 is 25.1 Å². The average molecular weight is 319 g/mol. The first kappa shape index (κ1) is 15.1. The number of nitrogens with one attached hydrogen (secondary N) is 1. The fourth-order valence-electron chi connectivity index (χ4n) is 2.14. The van der Waals surface area contributed by atoms with Gasteiger partial charge < -0.3 is 4.74 Å². The molecule has 1 aliphatic rings. The summed E-state index contributed by atoms with van der Waals surface area (Å²) in [7, 11) is -5.54. The van der Waals surface area contributed by atoms with Crippen LogP contribution in [-0.4, -0.2) is 40.7 Å². The van der Waals surface area contributed by atoms with Crippen molar-refractivity contribution in [3.8, 4) is 5.75 Å². The molecule has 1 unspecified atom stereocenters. The number of hydrogen-bond donors (Lipinski definition) is 1. The third-order valence-corrected chi connectivity index (χ3v) is 7.00. The van der Waals surface area contributed by atoms with Crippen molar-refractivity contribution in [2.75, 3.05) is 23.3 Å². The Kier molecular flexibility index (Phi) is 3.97. The minimum atomic E-state index is -3.74. The maximum Gasteiger partial charge on any atom is 0.236 e. The molecule has 0 radical (unpaired) electrons. The van der Waals surface area contributed by atoms with Crippen molar-refractivity contribution < 1.29 is 21.6 Å². The second kappa shape index (κ2) is 5.25. The van der Waals surface area contributed by atoms with Crippen molar-refractivity contribution in [3.05, 3.63) is 23.8 Å². The molecule has 0 saturated carbocycles. The van der Waals surface area contributed by atoms with E-state index in [9.17, 15) is 16.8 Å². The van der Waals surface area contributed by atoms with Crippen LogP contribution in [0.5, 0.6) is 5.75 Å². The molecule has 1 atom stereocenters. The van der Waals surface area contributed by atoms with Crippen molar-refractivity contribution >= 4 is 25.5 Å². The summed E-state index contributed by atoms with van der Waals surface area (Å²) in [6.07, 6.45) is 0.131. The molecule has 1 heterocycles. The number of anilines is 1. The summed E-state index contributed by atoms with van der Waals surface area (Å²) in [6.45, 7) is 1.83. The lowest BCUT2D eigenvalue weighted by Crippen LogP contribution is -2.29. The van der Waals surface area contributed by atoms with Gasteiger partial charge in [0.25, 0.3) is 0 Å². The zero-order valence-corrected chi connectivity index (χ0v) is 12.9. The summed E-state index contributed by atoms with van der Waals surface area (Å²) >= 11 is 0. The van der Waals surface area contributed by atoms with E-state index in [1.165, 1.54) is 7.11 Å². The number of rotatable bonds is 4. The molecule has 1 N–H and O–H groups in total. The van der Waals surface area contributed by atoms with E-state index in [-0.39, 0.29) is 17.9 Å². The molecule has 0 aromatic heterocycles. The van der Waals surface area contributed by atoms with E-state index >= 15 is 0 Å². The summed E-state index contributed by atoms with van der Waals surface area (Å²) in [5.41, 5.74) is 1.21. The lowest BCUT2D eigenvalue weighted by molar-refractivity contribution is 0.416. The molecule has 1 fully saturated rings. The Labute approximate surface area is 119 Å². The molecule has 6 nitrogen and oxygen atoms in total. The van der Waals surface area contributed by atoms with Crippen LogP contribution >= 0.6 is 0 Å². The van der Waals surface area contributed by atoms with Gasteiger partial charge in [-0.3, -0.25) is 4.72 Å². The van der Waals surface area contributed by atoms with Crippen molar-refractivity contribution in [1.82, 2.24) is 0 Å². The summed E-state index contributed by atoms with van der Waals surface area (Å²) < 4.78 is 54.8. The highest BCUT2D eigenvalue weighted by Gasteiger charge is 2.37. The fraction of sp³-hybridized carbons (Fsp3) is 0.500. The van der Waals surface area contributed by atoms with Crippen molar-refractivity contribution in [2.45, 2.75) is 18.6 Å². The first-order valence-electron chi connectivity index (χ1n) is 6.10. The van der Waals surface area contributed by atoms with Gasteiger partial charge in [0, 0.05) is 0 Å². The third kappa shape index (κ3) is 3.24. The number of aryl methyl sites for hydroxylation is 1. The van der Waals surface area contributed by atoms with Gasteiger partial charge in [-0.1, -0.05) is 6.07 Å². The molecule has 0 spiro atoms. The number of sulfonamides is 1. The number of hydrogen-bond acceptors (Lipinski definition) is 5. The molecule has 0 bridgehead atoms. The second-order valence-electron chi connectivity index (χ2n) is 4.88. The largest absolute Gasteiger partial charge is 0.495 e. The van der Waals surface area contributed by atoms with Gasteiger partial charge >= 0.3 is 0 Å². The Morgan fingerprint density at radius 1 is 1.35 bits per heavy atom. The molecule has 8 heteroatoms. The van der Waals surface area contributed by atoms with Gasteiger partial charge in [-0.25, -0.2) is 16.8 Å². The SMILES string of the molecule is COc1ccc(C)cc1NS(=O)(=O)C1CCS(=O)(=O)C1. The molecule has 0 amide bonds. The number of ether oxygens (including phenoxy) is 1. The number of sulfone groups is 1. The minimum absolute atomic E-state index is 0.0798. The van der Waals surface area contributed by atoms with Gasteiger partial charge in [0.1, 0.15) is 5.75 Å². The Balaban J connectivity index is 2.27. The molecular formula is C12H17NO5S2. The van der Waals surface area contributed by atoms with Crippen LogP contribution in [0.15, 0.2) is 18.2 Å². The van der Waals surface area contributed by atoms with Gasteiger partial charge in [0.05, 0.1) is 29.6 Å². The fourth-order valence-corrected chi connectivity index (χ4v) is 6.24. The van der Waals surface area contributed by atoms with Gasteiger partial charge in [-0.15, -0.1) is 0 Å². The first-order chi connectivity index (χ1) is 9.23. The third-order valence-electron chi connectivity index (χ3n) is 3.24. The van der Waals surface area contributed by atoms with Gasteiger partial charge in [0.15, 0.2) is 9.84 Å². The van der Waals surface area contributed by atoms with Gasteiger partial charge in [-0.2, -0.15) is 0 Å². The first-order valence-corrected chi connectivity index (χ1v) is 9.47. The molecule has 1 aromatic carbocycles. The summed E-state index contributed by atoms with van der Waals surface area (Å²) in [5.74, 6) is 0.0000205. The molecular weight excluding hydrogens is 302 g/mol. The topological polar surface area (TPSA) is 89.5 Å². The molecule has 2 rings (SSSR count). The summed E-state index contributed by atoms with van der Waals surface area (Å²) in [6, 6.07) is 5.12. The average Bonchev–Trinajstić information content (AvgIpc) is 2.70. The van der Waals surface area contributed by atoms with Crippen LogP contribution in [-0.2, 0) is 19.9 Å². The Bertz CT molecular complexity index is 709. The van der Waals surface area contributed by atoms with Crippen molar-refractivity contribution in [2.24, 2.45) is 0 Å². The smallest absolute Gasteiger partial charge is 0.236 e. The molecule has 1 aliphatic heterocycles. The molecule has 20 heavy (non-hydrogen) atoms. The number of methoxy groups -OCH3 is 1. The van der Waals surface area contributed by atoms with E-state index in [1.807, 2.05) is 6.92 Å². The lowest BCUT2D eigenvalue weighted by atomic mass is 10.2. The zero-order valence-electron chi connectivity index (χ0n) is 11.3. The van der Waals surface area contributed by atoms with E-state index in [2.05, 4.69) is 4.72 Å². The van der Waals surface area contributed by atoms with Crippen molar-refractivity contribution in [3.63, 3.8) is 0 Å². The quantitative estimate of drug-likeness (QED) is 0.892. The van der Waals surface area contributed by atoms with E-state index in [0.29, 0.717) is 11.4 Å². The Morgan fingerprint density at radius 3 is 2.60 bits per heavy atom. The Hall–Kier alpha value is -1.28. The standard InChI is InChI=1S/C12H17NO5S2/c1-9-3-4-12(18-2)11(7-9)13-20(16,17)10-5-6-19(14,15)8-10/h3-4,7,10,13H,5-6,8H2,1-2H3. The highest BCUT2D eigenvalue weighted by molar-refractivity contribution is 7.97. The highest BCUT2D eigenvalue weighted by atomic mass is 32.2. The highest BCUT2D eigenvalue weighted by Crippen LogP contribution is 2.28. The summed E-state index contributed by atoms with van der Waals surface area (Å²) in [5, 5.41) is -0.905. The van der Waals surface area contributed by atoms with Crippen molar-refractivity contribution in [1.29, 1.82) is 0 Å². The van der Waals surface area contributed by atoms with Crippen LogP contribution in [0.3, 0.4) is 0 Å². The predicted octanol–water partition coefficient (Wildman–Crippen LogP) is 0.932. The molecule has 112 valence electrons. The van der Waals surface area contributed by atoms with E-state index in [0.717, 1.165) is 5.56 Å². The van der Waals surface area contributed by atoms with Gasteiger partial charge in [0.2, 0.25) is 10.0 Å². The molecule has 1 aromatic rings. The van der Waals surface area contributed by atoms with Crippen LogP contribution < -0.4 is 9.46 Å². The summed E-state index contributed by atoms with van der Waals surface area (Å²) in [4.78, 5) is 0. The maximum absolute atomic E-state index is 12.2. The predicted molar refractivity (Wildman–Crippen MR) is 77.3 cm³/mol. The minimum Gasteiger partial charge on any atom is -0.495 e. The van der Waals surface area contributed by atoms with E-state index in [4.69, 9.17) is 4.74 Å². The van der Waals surface area contributed by atoms with Crippen LogP contribution in [0.1, 0.15) is 12.0 Å². The number of benzene rings is 1. The Morgan fingerprint density at radius 2 is 2.05 bits per heavy atom. The van der Waals surface area contributed by atoms with Gasteiger partial charge in [-0.05, 0) is 31.0 Å². The molecule has 1 saturated heterocycles. The van der Waals surface area contributed by atoms with Crippen LogP contribution in [0.2, 0.25) is 0 Å². The molecule has 0 aliphatic carbocycles. The van der Waals surface area contributed by atoms with Crippen LogP contribution in [0.4, 0.5) is 5.69 Å². The monoisotopic (exact) mass is 319 g/mol. The maximum atomic E-state index is 12.2. The van der Waals surface area contributed by atoms with Crippen LogP contribution in [0, 0.1) is 6.92 Å². The second-order valence-corrected chi connectivity index (χ2v) is 9.07. The normalized spacial score (nSPS) is 21.6. The lowest BCUT2D eigenvalue weighted by Gasteiger charge is -2.15. The van der Waals surface area contributed by atoms with Crippen LogP contribution in [0.25, 0.3) is 0 Å². The van der Waals surface area contributed by atoms with E-state index in [1.54, 1.807) is 18.2 Å².